The fraction of sp³-hybridized carbons (Fsp3) is 0.588. The zero-order valence-corrected chi connectivity index (χ0v) is 12.9. The minimum atomic E-state index is 0.177. The summed E-state index contributed by atoms with van der Waals surface area (Å²) in [6, 6.07) is 7.82. The van der Waals surface area contributed by atoms with E-state index in [4.69, 9.17) is 5.73 Å². The van der Waals surface area contributed by atoms with E-state index >= 15 is 0 Å². The van der Waals surface area contributed by atoms with Gasteiger partial charge in [0.1, 0.15) is 0 Å². The zero-order chi connectivity index (χ0) is 15.1. The van der Waals surface area contributed by atoms with E-state index < -0.39 is 0 Å². The molecule has 1 amide bonds. The van der Waals surface area contributed by atoms with Crippen LogP contribution in [0, 0.1) is 11.8 Å². The van der Waals surface area contributed by atoms with E-state index in [2.05, 4.69) is 17.6 Å². The van der Waals surface area contributed by atoms with Crippen LogP contribution in [0.4, 0.5) is 5.69 Å². The van der Waals surface area contributed by atoms with E-state index in [0.717, 1.165) is 25.2 Å². The molecule has 21 heavy (non-hydrogen) atoms. The monoisotopic (exact) mass is 289 g/mol. The number of anilines is 1. The van der Waals surface area contributed by atoms with Crippen molar-refractivity contribution in [2.45, 2.75) is 32.6 Å². The van der Waals surface area contributed by atoms with Crippen LogP contribution in [-0.2, 0) is 11.2 Å². The summed E-state index contributed by atoms with van der Waals surface area (Å²) < 4.78 is 0. The molecule has 0 bridgehead atoms. The molecule has 0 aliphatic carbocycles. The molecule has 0 saturated carbocycles. The largest absolute Gasteiger partial charge is 0.399 e. The number of amides is 1. The Labute approximate surface area is 127 Å². The molecule has 4 N–H and O–H groups in total. The maximum atomic E-state index is 12.0. The Bertz CT molecular complexity index is 438. The van der Waals surface area contributed by atoms with Crippen molar-refractivity contribution in [3.05, 3.63) is 29.8 Å². The van der Waals surface area contributed by atoms with Gasteiger partial charge in [-0.2, -0.15) is 0 Å². The zero-order valence-electron chi connectivity index (χ0n) is 12.9. The molecule has 2 rings (SSSR count). The molecule has 1 aliphatic rings. The van der Waals surface area contributed by atoms with E-state index in [1.165, 1.54) is 18.4 Å². The lowest BCUT2D eigenvalue weighted by Crippen LogP contribution is -2.34. The van der Waals surface area contributed by atoms with Crippen LogP contribution in [0.15, 0.2) is 24.3 Å². The molecule has 0 radical (unpaired) electrons. The lowest BCUT2D eigenvalue weighted by molar-refractivity contribution is -0.122. The third-order valence-electron chi connectivity index (χ3n) is 4.41. The molecular weight excluding hydrogens is 262 g/mol. The van der Waals surface area contributed by atoms with Gasteiger partial charge in [0, 0.05) is 18.7 Å². The van der Waals surface area contributed by atoms with Gasteiger partial charge in [0.05, 0.1) is 0 Å². The van der Waals surface area contributed by atoms with E-state index in [-0.39, 0.29) is 5.91 Å². The van der Waals surface area contributed by atoms with Crippen molar-refractivity contribution >= 4 is 11.6 Å². The van der Waals surface area contributed by atoms with Crippen LogP contribution < -0.4 is 16.4 Å². The van der Waals surface area contributed by atoms with Gasteiger partial charge in [-0.15, -0.1) is 0 Å². The highest BCUT2D eigenvalue weighted by molar-refractivity contribution is 5.76. The van der Waals surface area contributed by atoms with Crippen LogP contribution in [0.2, 0.25) is 0 Å². The highest BCUT2D eigenvalue weighted by Gasteiger charge is 2.21. The number of benzene rings is 1. The molecule has 1 aliphatic heterocycles. The number of nitrogens with two attached hydrogens (primary N) is 1. The van der Waals surface area contributed by atoms with Crippen LogP contribution in [-0.4, -0.2) is 25.5 Å². The molecule has 1 atom stereocenters. The number of hydrogen-bond donors (Lipinski definition) is 3. The van der Waals surface area contributed by atoms with Gasteiger partial charge in [-0.25, -0.2) is 0 Å². The topological polar surface area (TPSA) is 67.2 Å². The Morgan fingerprint density at radius 1 is 1.33 bits per heavy atom. The smallest absolute Gasteiger partial charge is 0.220 e. The fourth-order valence-corrected chi connectivity index (χ4v) is 2.98. The fourth-order valence-electron chi connectivity index (χ4n) is 2.98. The minimum absolute atomic E-state index is 0.177. The maximum absolute atomic E-state index is 12.0. The minimum Gasteiger partial charge on any atom is -0.399 e. The first kappa shape index (κ1) is 15.8. The number of nitrogens with one attached hydrogen (secondary N) is 2. The Morgan fingerprint density at radius 2 is 2.00 bits per heavy atom. The Morgan fingerprint density at radius 3 is 2.67 bits per heavy atom. The number of rotatable bonds is 6. The van der Waals surface area contributed by atoms with Crippen molar-refractivity contribution < 1.29 is 4.79 Å². The Balaban J connectivity index is 1.65. The van der Waals surface area contributed by atoms with Crippen LogP contribution in [0.5, 0.6) is 0 Å². The van der Waals surface area contributed by atoms with Crippen molar-refractivity contribution in [3.63, 3.8) is 0 Å². The first-order valence-corrected chi connectivity index (χ1v) is 7.97. The lowest BCUT2D eigenvalue weighted by Gasteiger charge is -2.27. The van der Waals surface area contributed by atoms with Gasteiger partial charge in [-0.1, -0.05) is 19.1 Å². The normalized spacial score (nSPS) is 17.4. The van der Waals surface area contributed by atoms with Crippen molar-refractivity contribution in [2.75, 3.05) is 25.4 Å². The summed E-state index contributed by atoms with van der Waals surface area (Å²) >= 11 is 0. The molecule has 1 unspecified atom stereocenters. The molecule has 1 saturated heterocycles. The van der Waals surface area contributed by atoms with E-state index in [0.29, 0.717) is 24.8 Å². The van der Waals surface area contributed by atoms with E-state index in [1.54, 1.807) is 0 Å². The summed E-state index contributed by atoms with van der Waals surface area (Å²) in [5.74, 6) is 1.34. The van der Waals surface area contributed by atoms with Gasteiger partial charge in [0.15, 0.2) is 0 Å². The summed E-state index contributed by atoms with van der Waals surface area (Å²) in [4.78, 5) is 12.0. The summed E-state index contributed by atoms with van der Waals surface area (Å²) in [5, 5.41) is 6.40. The van der Waals surface area contributed by atoms with Gasteiger partial charge >= 0.3 is 0 Å². The molecule has 1 aromatic carbocycles. The lowest BCUT2D eigenvalue weighted by atomic mass is 9.84. The SMILES string of the molecule is CC(CC(=O)NCCc1ccc(N)cc1)C1CCNCC1. The van der Waals surface area contributed by atoms with Gasteiger partial charge in [0.2, 0.25) is 5.91 Å². The molecule has 0 spiro atoms. The maximum Gasteiger partial charge on any atom is 0.220 e. The third-order valence-corrected chi connectivity index (χ3v) is 4.41. The molecule has 116 valence electrons. The second-order valence-corrected chi connectivity index (χ2v) is 6.11. The van der Waals surface area contributed by atoms with Crippen LogP contribution in [0.3, 0.4) is 0 Å². The van der Waals surface area contributed by atoms with Crippen LogP contribution >= 0.6 is 0 Å². The van der Waals surface area contributed by atoms with Crippen LogP contribution in [0.1, 0.15) is 31.7 Å². The summed E-state index contributed by atoms with van der Waals surface area (Å²) in [7, 11) is 0. The van der Waals surface area contributed by atoms with Gasteiger partial charge in [-0.05, 0) is 61.9 Å². The number of carbonyl (C=O) groups is 1. The molecule has 4 nitrogen and oxygen atoms in total. The predicted octanol–water partition coefficient (Wildman–Crippen LogP) is 1.95. The summed E-state index contributed by atoms with van der Waals surface area (Å²) in [6.07, 6.45) is 3.89. The number of hydrogen-bond acceptors (Lipinski definition) is 3. The molecule has 4 heteroatoms. The van der Waals surface area contributed by atoms with Crippen molar-refractivity contribution in [1.29, 1.82) is 0 Å². The average Bonchev–Trinajstić information content (AvgIpc) is 2.50. The molecule has 1 fully saturated rings. The second kappa shape index (κ2) is 8.03. The Kier molecular flexibility index (Phi) is 6.05. The average molecular weight is 289 g/mol. The van der Waals surface area contributed by atoms with Crippen molar-refractivity contribution in [2.24, 2.45) is 11.8 Å². The van der Waals surface area contributed by atoms with Crippen molar-refractivity contribution in [3.8, 4) is 0 Å². The van der Waals surface area contributed by atoms with E-state index in [1.807, 2.05) is 24.3 Å². The summed E-state index contributed by atoms with van der Waals surface area (Å²) in [6.45, 7) is 5.08. The number of piperidine rings is 1. The molecule has 1 aromatic rings. The molecular formula is C17H27N3O. The van der Waals surface area contributed by atoms with Crippen LogP contribution in [0.25, 0.3) is 0 Å². The quantitative estimate of drug-likeness (QED) is 0.701. The predicted molar refractivity (Wildman–Crippen MR) is 86.9 cm³/mol. The van der Waals surface area contributed by atoms with Gasteiger partial charge in [0.25, 0.3) is 0 Å². The first-order valence-electron chi connectivity index (χ1n) is 7.97. The van der Waals surface area contributed by atoms with E-state index in [9.17, 15) is 4.79 Å². The standard InChI is InChI=1S/C17H27N3O/c1-13(15-7-9-19-10-8-15)12-17(21)20-11-6-14-2-4-16(18)5-3-14/h2-5,13,15,19H,6-12,18H2,1H3,(H,20,21). The van der Waals surface area contributed by atoms with Gasteiger partial charge < -0.3 is 16.4 Å². The molecule has 1 heterocycles. The number of carbonyl (C=O) groups excluding carboxylic acids is 1. The van der Waals surface area contributed by atoms with Crippen molar-refractivity contribution in [1.82, 2.24) is 10.6 Å². The highest BCUT2D eigenvalue weighted by Crippen LogP contribution is 2.24. The third kappa shape index (κ3) is 5.38. The summed E-state index contributed by atoms with van der Waals surface area (Å²) in [5.41, 5.74) is 7.64. The highest BCUT2D eigenvalue weighted by atomic mass is 16.1. The Hall–Kier alpha value is -1.55. The van der Waals surface area contributed by atoms with Gasteiger partial charge in [-0.3, -0.25) is 4.79 Å². The molecule has 0 aromatic heterocycles. The second-order valence-electron chi connectivity index (χ2n) is 6.11. The number of nitrogen functional groups attached to an aromatic ring is 1. The first-order chi connectivity index (χ1) is 10.1.